The van der Waals surface area contributed by atoms with Gasteiger partial charge in [0.15, 0.2) is 0 Å². The molecule has 0 bridgehead atoms. The predicted molar refractivity (Wildman–Crippen MR) is 63.1 cm³/mol. The Morgan fingerprint density at radius 1 is 1.44 bits per heavy atom. The molecule has 1 aromatic carbocycles. The molecule has 0 saturated carbocycles. The SMILES string of the molecule is Cc1cc2c(/C=C/C(=O)O)cccc2cn1. The molecule has 0 aliphatic rings. The number of pyridine rings is 1. The van der Waals surface area contributed by atoms with E-state index in [9.17, 15) is 4.79 Å². The van der Waals surface area contributed by atoms with E-state index in [4.69, 9.17) is 5.11 Å². The molecular formula is C13H11NO2. The van der Waals surface area contributed by atoms with Crippen molar-refractivity contribution in [1.29, 1.82) is 0 Å². The molecule has 3 nitrogen and oxygen atoms in total. The number of aliphatic carboxylic acids is 1. The third-order valence-electron chi connectivity index (χ3n) is 2.34. The van der Waals surface area contributed by atoms with Gasteiger partial charge in [-0.25, -0.2) is 4.79 Å². The van der Waals surface area contributed by atoms with Crippen LogP contribution in [0.15, 0.2) is 36.5 Å². The summed E-state index contributed by atoms with van der Waals surface area (Å²) in [6, 6.07) is 7.69. The number of benzene rings is 1. The number of rotatable bonds is 2. The summed E-state index contributed by atoms with van der Waals surface area (Å²) < 4.78 is 0. The topological polar surface area (TPSA) is 50.2 Å². The molecule has 0 aliphatic heterocycles. The van der Waals surface area contributed by atoms with Gasteiger partial charge in [0.05, 0.1) is 0 Å². The lowest BCUT2D eigenvalue weighted by Crippen LogP contribution is -1.87. The van der Waals surface area contributed by atoms with E-state index < -0.39 is 5.97 Å². The first-order valence-electron chi connectivity index (χ1n) is 4.93. The van der Waals surface area contributed by atoms with Crippen LogP contribution in [0.4, 0.5) is 0 Å². The Bertz CT molecular complexity index is 573. The van der Waals surface area contributed by atoms with Crippen molar-refractivity contribution in [2.75, 3.05) is 0 Å². The first-order valence-corrected chi connectivity index (χ1v) is 4.93. The zero-order chi connectivity index (χ0) is 11.5. The van der Waals surface area contributed by atoms with E-state index in [2.05, 4.69) is 4.98 Å². The van der Waals surface area contributed by atoms with Gasteiger partial charge in [0, 0.05) is 23.4 Å². The molecule has 0 aliphatic carbocycles. The third kappa shape index (κ3) is 2.08. The van der Waals surface area contributed by atoms with Crippen LogP contribution < -0.4 is 0 Å². The quantitative estimate of drug-likeness (QED) is 0.780. The first kappa shape index (κ1) is 10.4. The van der Waals surface area contributed by atoms with E-state index in [1.54, 1.807) is 12.3 Å². The van der Waals surface area contributed by atoms with Gasteiger partial charge in [-0.05, 0) is 30.0 Å². The van der Waals surface area contributed by atoms with Crippen molar-refractivity contribution in [2.24, 2.45) is 0 Å². The molecular weight excluding hydrogens is 202 g/mol. The molecule has 0 radical (unpaired) electrons. The monoisotopic (exact) mass is 213 g/mol. The van der Waals surface area contributed by atoms with Gasteiger partial charge in [-0.2, -0.15) is 0 Å². The highest BCUT2D eigenvalue weighted by Crippen LogP contribution is 2.19. The van der Waals surface area contributed by atoms with Crippen molar-refractivity contribution in [3.05, 3.63) is 47.8 Å². The highest BCUT2D eigenvalue weighted by Gasteiger charge is 1.99. The minimum absolute atomic E-state index is 0.894. The molecule has 0 atom stereocenters. The Morgan fingerprint density at radius 2 is 2.25 bits per heavy atom. The summed E-state index contributed by atoms with van der Waals surface area (Å²) in [6.45, 7) is 1.91. The van der Waals surface area contributed by atoms with Crippen LogP contribution in [-0.2, 0) is 4.79 Å². The number of hydrogen-bond donors (Lipinski definition) is 1. The molecule has 0 spiro atoms. The van der Waals surface area contributed by atoms with E-state index in [0.29, 0.717) is 0 Å². The van der Waals surface area contributed by atoms with Gasteiger partial charge in [0.2, 0.25) is 0 Å². The Kier molecular flexibility index (Phi) is 2.68. The number of carboxylic acids is 1. The average Bonchev–Trinajstić information content (AvgIpc) is 2.26. The van der Waals surface area contributed by atoms with Gasteiger partial charge < -0.3 is 5.11 Å². The lowest BCUT2D eigenvalue weighted by molar-refractivity contribution is -0.131. The second kappa shape index (κ2) is 4.14. The smallest absolute Gasteiger partial charge is 0.328 e. The molecule has 1 N–H and O–H groups in total. The van der Waals surface area contributed by atoms with Crippen LogP contribution >= 0.6 is 0 Å². The van der Waals surface area contributed by atoms with Crippen LogP contribution in [0, 0.1) is 6.92 Å². The summed E-state index contributed by atoms with van der Waals surface area (Å²) in [7, 11) is 0. The van der Waals surface area contributed by atoms with Crippen LogP contribution in [0.5, 0.6) is 0 Å². The van der Waals surface area contributed by atoms with Gasteiger partial charge in [-0.15, -0.1) is 0 Å². The van der Waals surface area contributed by atoms with E-state index in [0.717, 1.165) is 28.1 Å². The maximum absolute atomic E-state index is 10.5. The molecule has 0 saturated heterocycles. The molecule has 1 heterocycles. The minimum Gasteiger partial charge on any atom is -0.478 e. The fourth-order valence-electron chi connectivity index (χ4n) is 1.60. The van der Waals surface area contributed by atoms with E-state index in [1.807, 2.05) is 31.2 Å². The fraction of sp³-hybridized carbons (Fsp3) is 0.0769. The molecule has 0 amide bonds. The average molecular weight is 213 g/mol. The molecule has 16 heavy (non-hydrogen) atoms. The van der Waals surface area contributed by atoms with Gasteiger partial charge >= 0.3 is 5.97 Å². The number of carboxylic acid groups (broad SMARTS) is 1. The maximum Gasteiger partial charge on any atom is 0.328 e. The summed E-state index contributed by atoms with van der Waals surface area (Å²) in [5.41, 5.74) is 1.81. The van der Waals surface area contributed by atoms with Gasteiger partial charge in [0.25, 0.3) is 0 Å². The molecule has 1 aromatic heterocycles. The van der Waals surface area contributed by atoms with E-state index >= 15 is 0 Å². The van der Waals surface area contributed by atoms with Crippen LogP contribution in [0.25, 0.3) is 16.8 Å². The van der Waals surface area contributed by atoms with Gasteiger partial charge in [-0.1, -0.05) is 18.2 Å². The van der Waals surface area contributed by atoms with Gasteiger partial charge in [0.1, 0.15) is 0 Å². The number of nitrogens with zero attached hydrogens (tertiary/aromatic N) is 1. The van der Waals surface area contributed by atoms with Crippen LogP contribution in [0.2, 0.25) is 0 Å². The van der Waals surface area contributed by atoms with Crippen LogP contribution in [0.1, 0.15) is 11.3 Å². The second-order valence-corrected chi connectivity index (χ2v) is 3.57. The Balaban J connectivity index is 2.60. The number of aromatic nitrogens is 1. The minimum atomic E-state index is -0.942. The van der Waals surface area contributed by atoms with E-state index in [1.165, 1.54) is 0 Å². The van der Waals surface area contributed by atoms with Crippen molar-refractivity contribution >= 4 is 22.8 Å². The van der Waals surface area contributed by atoms with Crippen molar-refractivity contribution in [2.45, 2.75) is 6.92 Å². The van der Waals surface area contributed by atoms with Gasteiger partial charge in [-0.3, -0.25) is 4.98 Å². The lowest BCUT2D eigenvalue weighted by atomic mass is 10.1. The van der Waals surface area contributed by atoms with Crippen molar-refractivity contribution < 1.29 is 9.90 Å². The van der Waals surface area contributed by atoms with E-state index in [-0.39, 0.29) is 0 Å². The Labute approximate surface area is 93.1 Å². The van der Waals surface area contributed by atoms with Crippen molar-refractivity contribution in [3.8, 4) is 0 Å². The Hall–Kier alpha value is -2.16. The number of hydrogen-bond acceptors (Lipinski definition) is 2. The molecule has 0 unspecified atom stereocenters. The summed E-state index contributed by atoms with van der Waals surface area (Å²) in [4.78, 5) is 14.7. The highest BCUT2D eigenvalue weighted by molar-refractivity contribution is 5.94. The van der Waals surface area contributed by atoms with Crippen LogP contribution in [-0.4, -0.2) is 16.1 Å². The van der Waals surface area contributed by atoms with Crippen molar-refractivity contribution in [1.82, 2.24) is 4.98 Å². The predicted octanol–water partition coefficient (Wildman–Crippen LogP) is 2.64. The van der Waals surface area contributed by atoms with Crippen LogP contribution in [0.3, 0.4) is 0 Å². The molecule has 2 aromatic rings. The zero-order valence-corrected chi connectivity index (χ0v) is 8.84. The molecule has 2 rings (SSSR count). The zero-order valence-electron chi connectivity index (χ0n) is 8.84. The standard InChI is InChI=1S/C13H11NO2/c1-9-7-12-10(5-6-13(15)16)3-2-4-11(12)8-14-9/h2-8H,1H3,(H,15,16)/b6-5+. The number of carbonyl (C=O) groups is 1. The second-order valence-electron chi connectivity index (χ2n) is 3.57. The number of aryl methyl sites for hydroxylation is 1. The third-order valence-corrected chi connectivity index (χ3v) is 2.34. The normalized spacial score (nSPS) is 11.1. The largest absolute Gasteiger partial charge is 0.478 e. The summed E-state index contributed by atoms with van der Waals surface area (Å²) in [6.07, 6.45) is 4.54. The first-order chi connectivity index (χ1) is 7.66. The number of fused-ring (bicyclic) bond motifs is 1. The Morgan fingerprint density at radius 3 is 3.00 bits per heavy atom. The summed E-state index contributed by atoms with van der Waals surface area (Å²) >= 11 is 0. The summed E-state index contributed by atoms with van der Waals surface area (Å²) in [5, 5.41) is 10.6. The summed E-state index contributed by atoms with van der Waals surface area (Å²) in [5.74, 6) is -0.942. The molecule has 3 heteroatoms. The fourth-order valence-corrected chi connectivity index (χ4v) is 1.60. The molecule has 0 fully saturated rings. The lowest BCUT2D eigenvalue weighted by Gasteiger charge is -2.02. The highest BCUT2D eigenvalue weighted by atomic mass is 16.4. The maximum atomic E-state index is 10.5. The molecule has 80 valence electrons. The van der Waals surface area contributed by atoms with Crippen molar-refractivity contribution in [3.63, 3.8) is 0 Å².